The highest BCUT2D eigenvalue weighted by Crippen LogP contribution is 2.34. The lowest BCUT2D eigenvalue weighted by Crippen LogP contribution is -2.24. The van der Waals surface area contributed by atoms with Gasteiger partial charge in [0.2, 0.25) is 0 Å². The normalized spacial score (nSPS) is 11.0. The van der Waals surface area contributed by atoms with Gasteiger partial charge in [0.1, 0.15) is 9.71 Å². The number of rotatable bonds is 4. The van der Waals surface area contributed by atoms with E-state index in [4.69, 9.17) is 0 Å². The van der Waals surface area contributed by atoms with Gasteiger partial charge in [-0.1, -0.05) is 6.92 Å². The minimum Gasteiger partial charge on any atom is -0.351 e. The van der Waals surface area contributed by atoms with E-state index in [0.29, 0.717) is 6.54 Å². The second-order valence-electron chi connectivity index (χ2n) is 5.34. The maximum absolute atomic E-state index is 12.6. The molecule has 0 aromatic carbocycles. The second kappa shape index (κ2) is 5.93. The largest absolute Gasteiger partial charge is 0.351 e. The number of amides is 1. The number of pyridine rings is 1. The number of nitrogens with one attached hydrogen (secondary N) is 1. The van der Waals surface area contributed by atoms with E-state index in [0.717, 1.165) is 38.6 Å². The summed E-state index contributed by atoms with van der Waals surface area (Å²) in [5.74, 6) is -0.0210. The Morgan fingerprint density at radius 1 is 1.27 bits per heavy atom. The predicted molar refractivity (Wildman–Crippen MR) is 91.0 cm³/mol. The van der Waals surface area contributed by atoms with Gasteiger partial charge in [-0.3, -0.25) is 4.79 Å². The van der Waals surface area contributed by atoms with Crippen molar-refractivity contribution in [2.24, 2.45) is 0 Å². The van der Waals surface area contributed by atoms with E-state index >= 15 is 0 Å². The smallest absolute Gasteiger partial charge is 0.263 e. The molecule has 0 saturated carbocycles. The van der Waals surface area contributed by atoms with Crippen LogP contribution in [0.4, 0.5) is 0 Å². The standard InChI is InChI=1S/C17H19N3OS/c1-4-9-18-16(21)15-14(20-11(2)7-8-12(20)3)13-6-5-10-19-17(13)22-15/h5-8,10H,4,9H2,1-3H3,(H,18,21). The fourth-order valence-corrected chi connectivity index (χ4v) is 3.68. The van der Waals surface area contributed by atoms with Crippen LogP contribution in [-0.4, -0.2) is 22.0 Å². The van der Waals surface area contributed by atoms with Crippen LogP contribution in [0.25, 0.3) is 15.9 Å². The van der Waals surface area contributed by atoms with Gasteiger partial charge in [0.25, 0.3) is 5.91 Å². The van der Waals surface area contributed by atoms with Gasteiger partial charge in [0.05, 0.1) is 5.69 Å². The topological polar surface area (TPSA) is 46.9 Å². The van der Waals surface area contributed by atoms with Crippen molar-refractivity contribution in [3.8, 4) is 5.69 Å². The number of fused-ring (bicyclic) bond motifs is 1. The number of hydrogen-bond acceptors (Lipinski definition) is 3. The molecule has 0 fully saturated rings. The fourth-order valence-electron chi connectivity index (χ4n) is 2.64. The summed E-state index contributed by atoms with van der Waals surface area (Å²) in [6.45, 7) is 6.85. The third-order valence-electron chi connectivity index (χ3n) is 3.68. The highest BCUT2D eigenvalue weighted by atomic mass is 32.1. The van der Waals surface area contributed by atoms with Crippen LogP contribution in [0.15, 0.2) is 30.5 Å². The molecular weight excluding hydrogens is 294 g/mol. The predicted octanol–water partition coefficient (Wildman–Crippen LogP) is 3.84. The molecule has 114 valence electrons. The van der Waals surface area contributed by atoms with Crippen molar-refractivity contribution in [2.45, 2.75) is 27.2 Å². The maximum Gasteiger partial charge on any atom is 0.263 e. The zero-order valence-electron chi connectivity index (χ0n) is 13.0. The highest BCUT2D eigenvalue weighted by molar-refractivity contribution is 7.21. The summed E-state index contributed by atoms with van der Waals surface area (Å²) in [4.78, 5) is 18.6. The van der Waals surface area contributed by atoms with E-state index in [1.807, 2.05) is 19.1 Å². The first kappa shape index (κ1) is 14.8. The number of carbonyl (C=O) groups excluding carboxylic acids is 1. The van der Waals surface area contributed by atoms with E-state index in [1.54, 1.807) is 6.20 Å². The summed E-state index contributed by atoms with van der Waals surface area (Å²) < 4.78 is 2.14. The van der Waals surface area contributed by atoms with Gasteiger partial charge in [-0.25, -0.2) is 4.98 Å². The quantitative estimate of drug-likeness (QED) is 0.795. The third-order valence-corrected chi connectivity index (χ3v) is 4.78. The fraction of sp³-hybridized carbons (Fsp3) is 0.294. The van der Waals surface area contributed by atoms with E-state index in [-0.39, 0.29) is 5.91 Å². The first-order chi connectivity index (χ1) is 10.6. The number of hydrogen-bond donors (Lipinski definition) is 1. The van der Waals surface area contributed by atoms with Crippen LogP contribution in [0.1, 0.15) is 34.4 Å². The minimum atomic E-state index is -0.0210. The Bertz CT molecular complexity index is 812. The van der Waals surface area contributed by atoms with Crippen molar-refractivity contribution >= 4 is 27.5 Å². The second-order valence-corrected chi connectivity index (χ2v) is 6.34. The Kier molecular flexibility index (Phi) is 3.98. The molecule has 4 nitrogen and oxygen atoms in total. The molecule has 0 aliphatic carbocycles. The SMILES string of the molecule is CCCNC(=O)c1sc2ncccc2c1-n1c(C)ccc1C. The van der Waals surface area contributed by atoms with Gasteiger partial charge in [0.15, 0.2) is 0 Å². The molecule has 3 rings (SSSR count). The van der Waals surface area contributed by atoms with Gasteiger partial charge < -0.3 is 9.88 Å². The summed E-state index contributed by atoms with van der Waals surface area (Å²) >= 11 is 1.45. The van der Waals surface area contributed by atoms with Crippen LogP contribution in [0.5, 0.6) is 0 Å². The lowest BCUT2D eigenvalue weighted by Gasteiger charge is -2.11. The molecule has 3 aromatic rings. The number of carbonyl (C=O) groups is 1. The minimum absolute atomic E-state index is 0.0210. The third kappa shape index (κ3) is 2.41. The van der Waals surface area contributed by atoms with Gasteiger partial charge in [-0.15, -0.1) is 11.3 Å². The Hall–Kier alpha value is -2.14. The summed E-state index contributed by atoms with van der Waals surface area (Å²) in [5, 5.41) is 4.01. The summed E-state index contributed by atoms with van der Waals surface area (Å²) in [5.41, 5.74) is 3.18. The van der Waals surface area contributed by atoms with Crippen LogP contribution < -0.4 is 5.32 Å². The monoisotopic (exact) mass is 313 g/mol. The molecule has 0 unspecified atom stereocenters. The van der Waals surface area contributed by atoms with Gasteiger partial charge in [0, 0.05) is 29.5 Å². The Morgan fingerprint density at radius 2 is 2.00 bits per heavy atom. The molecule has 0 spiro atoms. The summed E-state index contributed by atoms with van der Waals surface area (Å²) in [6.07, 6.45) is 2.69. The van der Waals surface area contributed by atoms with E-state index in [2.05, 4.69) is 40.8 Å². The molecule has 22 heavy (non-hydrogen) atoms. The summed E-state index contributed by atoms with van der Waals surface area (Å²) in [7, 11) is 0. The number of aromatic nitrogens is 2. The molecule has 1 amide bonds. The summed E-state index contributed by atoms with van der Waals surface area (Å²) in [6, 6.07) is 8.09. The molecule has 0 saturated heterocycles. The zero-order valence-corrected chi connectivity index (χ0v) is 13.8. The number of thiophene rings is 1. The van der Waals surface area contributed by atoms with Gasteiger partial charge in [-0.2, -0.15) is 0 Å². The Labute approximate surface area is 133 Å². The molecule has 0 atom stereocenters. The zero-order chi connectivity index (χ0) is 15.7. The van der Waals surface area contributed by atoms with E-state index in [9.17, 15) is 4.79 Å². The van der Waals surface area contributed by atoms with Gasteiger partial charge in [-0.05, 0) is 44.5 Å². The molecular formula is C17H19N3OS. The lowest BCUT2D eigenvalue weighted by molar-refractivity contribution is 0.0958. The Balaban J connectivity index is 2.24. The number of aryl methyl sites for hydroxylation is 2. The highest BCUT2D eigenvalue weighted by Gasteiger charge is 2.21. The number of nitrogens with zero attached hydrogens (tertiary/aromatic N) is 2. The van der Waals surface area contributed by atoms with E-state index in [1.165, 1.54) is 11.3 Å². The van der Waals surface area contributed by atoms with Crippen LogP contribution in [-0.2, 0) is 0 Å². The van der Waals surface area contributed by atoms with E-state index < -0.39 is 0 Å². The molecule has 0 bridgehead atoms. The van der Waals surface area contributed by atoms with Crippen molar-refractivity contribution in [1.29, 1.82) is 0 Å². The Morgan fingerprint density at radius 3 is 2.68 bits per heavy atom. The van der Waals surface area contributed by atoms with Crippen LogP contribution in [0.3, 0.4) is 0 Å². The maximum atomic E-state index is 12.6. The lowest BCUT2D eigenvalue weighted by atomic mass is 10.2. The molecule has 0 aliphatic rings. The van der Waals surface area contributed by atoms with Crippen molar-refractivity contribution in [1.82, 2.24) is 14.9 Å². The molecule has 0 radical (unpaired) electrons. The average Bonchev–Trinajstić information content (AvgIpc) is 3.05. The van der Waals surface area contributed by atoms with Crippen molar-refractivity contribution < 1.29 is 4.79 Å². The molecule has 5 heteroatoms. The molecule has 3 heterocycles. The molecule has 3 aromatic heterocycles. The van der Waals surface area contributed by atoms with Gasteiger partial charge >= 0.3 is 0 Å². The first-order valence-electron chi connectivity index (χ1n) is 7.44. The van der Waals surface area contributed by atoms with Crippen LogP contribution in [0.2, 0.25) is 0 Å². The van der Waals surface area contributed by atoms with Crippen molar-refractivity contribution in [2.75, 3.05) is 6.54 Å². The van der Waals surface area contributed by atoms with Crippen LogP contribution in [0, 0.1) is 13.8 Å². The van der Waals surface area contributed by atoms with Crippen molar-refractivity contribution in [3.05, 3.63) is 46.7 Å². The molecule has 1 N–H and O–H groups in total. The van der Waals surface area contributed by atoms with Crippen molar-refractivity contribution in [3.63, 3.8) is 0 Å². The first-order valence-corrected chi connectivity index (χ1v) is 8.26. The molecule has 0 aliphatic heterocycles. The average molecular weight is 313 g/mol. The van der Waals surface area contributed by atoms with Crippen LogP contribution >= 0.6 is 11.3 Å².